The molecule has 0 saturated heterocycles. The van der Waals surface area contributed by atoms with Crippen molar-refractivity contribution in [2.24, 2.45) is 0 Å². The maximum absolute atomic E-state index is 4.87. The van der Waals surface area contributed by atoms with Crippen LogP contribution in [0.2, 0.25) is 0 Å². The first-order valence-corrected chi connectivity index (χ1v) is 11.1. The molecule has 1 aliphatic rings. The molecule has 1 N–H and O–H groups in total. The maximum Gasteiger partial charge on any atom is 0.206 e. The molecule has 2 aromatic carbocycles. The van der Waals surface area contributed by atoms with Crippen molar-refractivity contribution in [3.8, 4) is 16.9 Å². The fraction of sp³-hybridized carbons (Fsp3) is 0.190. The van der Waals surface area contributed by atoms with Gasteiger partial charge in [-0.2, -0.15) is 5.10 Å². The highest BCUT2D eigenvalue weighted by atomic mass is 32.2. The Kier molecular flexibility index (Phi) is 4.85. The van der Waals surface area contributed by atoms with Crippen LogP contribution in [0.1, 0.15) is 18.4 Å². The van der Waals surface area contributed by atoms with Crippen molar-refractivity contribution in [2.45, 2.75) is 29.0 Å². The van der Waals surface area contributed by atoms with Gasteiger partial charge in [0.25, 0.3) is 0 Å². The summed E-state index contributed by atoms with van der Waals surface area (Å²) < 4.78 is 2.94. The van der Waals surface area contributed by atoms with E-state index in [2.05, 4.69) is 46.0 Å². The lowest BCUT2D eigenvalue weighted by atomic mass is 10.1. The summed E-state index contributed by atoms with van der Waals surface area (Å²) in [6.45, 7) is 0. The Balaban J connectivity index is 1.40. The summed E-state index contributed by atoms with van der Waals surface area (Å²) in [6, 6.07) is 21.2. The van der Waals surface area contributed by atoms with Crippen molar-refractivity contribution in [3.63, 3.8) is 0 Å². The SMILES string of the molecule is c1ccc(-c2nn(-c3ccccc3)cc2CSc2nnc(NC3CC3)s2)cc1. The first kappa shape index (κ1) is 17.5. The molecule has 28 heavy (non-hydrogen) atoms. The zero-order chi connectivity index (χ0) is 18.8. The Hall–Kier alpha value is -2.64. The van der Waals surface area contributed by atoms with Gasteiger partial charge >= 0.3 is 0 Å². The van der Waals surface area contributed by atoms with Gasteiger partial charge in [-0.3, -0.25) is 0 Å². The van der Waals surface area contributed by atoms with Crippen LogP contribution in [0.25, 0.3) is 16.9 Å². The highest BCUT2D eigenvalue weighted by molar-refractivity contribution is 8.00. The molecule has 2 aromatic heterocycles. The van der Waals surface area contributed by atoms with Gasteiger partial charge in [0.05, 0.1) is 11.4 Å². The number of para-hydroxylation sites is 1. The van der Waals surface area contributed by atoms with E-state index in [1.54, 1.807) is 23.1 Å². The van der Waals surface area contributed by atoms with Crippen molar-refractivity contribution in [1.29, 1.82) is 0 Å². The normalized spacial score (nSPS) is 13.6. The highest BCUT2D eigenvalue weighted by Gasteiger charge is 2.22. The van der Waals surface area contributed by atoms with Crippen molar-refractivity contribution in [2.75, 3.05) is 5.32 Å². The minimum absolute atomic E-state index is 0.597. The van der Waals surface area contributed by atoms with Gasteiger partial charge in [-0.15, -0.1) is 10.2 Å². The quantitative estimate of drug-likeness (QED) is 0.425. The molecule has 7 heteroatoms. The van der Waals surface area contributed by atoms with Gasteiger partial charge in [0, 0.05) is 29.1 Å². The molecule has 0 amide bonds. The number of thioether (sulfide) groups is 1. The predicted octanol–water partition coefficient (Wildman–Crippen LogP) is 5.26. The van der Waals surface area contributed by atoms with Crippen LogP contribution in [-0.4, -0.2) is 26.0 Å². The van der Waals surface area contributed by atoms with Crippen molar-refractivity contribution < 1.29 is 0 Å². The Morgan fingerprint density at radius 1 is 1.00 bits per heavy atom. The molecule has 0 radical (unpaired) electrons. The number of hydrogen-bond donors (Lipinski definition) is 1. The molecule has 1 aliphatic carbocycles. The molecule has 0 atom stereocenters. The summed E-state index contributed by atoms with van der Waals surface area (Å²) in [7, 11) is 0. The summed E-state index contributed by atoms with van der Waals surface area (Å²) >= 11 is 3.34. The van der Waals surface area contributed by atoms with Gasteiger partial charge < -0.3 is 5.32 Å². The molecule has 0 unspecified atom stereocenters. The molecular formula is C21H19N5S2. The Labute approximate surface area is 171 Å². The summed E-state index contributed by atoms with van der Waals surface area (Å²) in [5.74, 6) is 0.801. The van der Waals surface area contributed by atoms with E-state index in [1.807, 2.05) is 41.1 Å². The number of nitrogens with zero attached hydrogens (tertiary/aromatic N) is 4. The maximum atomic E-state index is 4.87. The van der Waals surface area contributed by atoms with Crippen LogP contribution in [0.3, 0.4) is 0 Å². The molecule has 140 valence electrons. The van der Waals surface area contributed by atoms with E-state index in [1.165, 1.54) is 18.4 Å². The van der Waals surface area contributed by atoms with Gasteiger partial charge in [0.2, 0.25) is 5.13 Å². The van der Waals surface area contributed by atoms with Gasteiger partial charge in [-0.1, -0.05) is 71.6 Å². The smallest absolute Gasteiger partial charge is 0.206 e. The minimum atomic E-state index is 0.597. The number of hydrogen-bond acceptors (Lipinski definition) is 6. The Morgan fingerprint density at radius 3 is 2.50 bits per heavy atom. The lowest BCUT2D eigenvalue weighted by Crippen LogP contribution is -1.99. The second-order valence-electron chi connectivity index (χ2n) is 6.73. The standard InChI is InChI=1S/C21H19N5S2/c1-3-7-15(8-4-1)19-16(13-26(25-19)18-9-5-2-6-10-18)14-27-21-24-23-20(28-21)22-17-11-12-17/h1-10,13,17H,11-12,14H2,(H,22,23). The molecule has 5 nitrogen and oxygen atoms in total. The van der Waals surface area contributed by atoms with E-state index in [0.29, 0.717) is 6.04 Å². The molecule has 0 aliphatic heterocycles. The largest absolute Gasteiger partial charge is 0.357 e. The lowest BCUT2D eigenvalue weighted by Gasteiger charge is -2.01. The van der Waals surface area contributed by atoms with Crippen LogP contribution < -0.4 is 5.32 Å². The number of rotatable bonds is 7. The minimum Gasteiger partial charge on any atom is -0.357 e. The fourth-order valence-electron chi connectivity index (χ4n) is 2.94. The summed E-state index contributed by atoms with van der Waals surface area (Å²) in [5.41, 5.74) is 4.38. The molecule has 0 spiro atoms. The third kappa shape index (κ3) is 3.95. The van der Waals surface area contributed by atoms with E-state index in [4.69, 9.17) is 5.10 Å². The Morgan fingerprint density at radius 2 is 1.75 bits per heavy atom. The van der Waals surface area contributed by atoms with Crippen LogP contribution in [0, 0.1) is 0 Å². The van der Waals surface area contributed by atoms with Crippen LogP contribution in [0.15, 0.2) is 71.2 Å². The zero-order valence-electron chi connectivity index (χ0n) is 15.2. The zero-order valence-corrected chi connectivity index (χ0v) is 16.8. The van der Waals surface area contributed by atoms with Crippen LogP contribution in [-0.2, 0) is 5.75 Å². The molecule has 1 fully saturated rings. The van der Waals surface area contributed by atoms with E-state index in [9.17, 15) is 0 Å². The molecule has 1 saturated carbocycles. The molecule has 0 bridgehead atoms. The second kappa shape index (κ2) is 7.77. The highest BCUT2D eigenvalue weighted by Crippen LogP contribution is 2.34. The van der Waals surface area contributed by atoms with Crippen LogP contribution >= 0.6 is 23.1 Å². The van der Waals surface area contributed by atoms with E-state index in [0.717, 1.165) is 32.2 Å². The number of aromatic nitrogens is 4. The number of nitrogens with one attached hydrogen (secondary N) is 1. The second-order valence-corrected chi connectivity index (χ2v) is 8.93. The summed E-state index contributed by atoms with van der Waals surface area (Å²) in [4.78, 5) is 0. The number of benzene rings is 2. The monoisotopic (exact) mass is 405 g/mol. The van der Waals surface area contributed by atoms with Gasteiger partial charge in [-0.05, 0) is 25.0 Å². The van der Waals surface area contributed by atoms with E-state index < -0.39 is 0 Å². The van der Waals surface area contributed by atoms with Gasteiger partial charge in [0.1, 0.15) is 0 Å². The first-order chi connectivity index (χ1) is 13.8. The average molecular weight is 406 g/mol. The number of anilines is 1. The molecular weight excluding hydrogens is 386 g/mol. The van der Waals surface area contributed by atoms with Crippen molar-refractivity contribution in [3.05, 3.63) is 72.4 Å². The molecule has 5 rings (SSSR count). The summed E-state index contributed by atoms with van der Waals surface area (Å²) in [6.07, 6.45) is 4.59. The van der Waals surface area contributed by atoms with Crippen molar-refractivity contribution >= 4 is 28.2 Å². The van der Waals surface area contributed by atoms with Gasteiger partial charge in [0.15, 0.2) is 4.34 Å². The lowest BCUT2D eigenvalue weighted by molar-refractivity contribution is 0.884. The molecule has 4 aromatic rings. The molecule has 2 heterocycles. The van der Waals surface area contributed by atoms with Crippen molar-refractivity contribution in [1.82, 2.24) is 20.0 Å². The summed E-state index contributed by atoms with van der Waals surface area (Å²) in [5, 5.41) is 17.8. The van der Waals surface area contributed by atoms with E-state index in [-0.39, 0.29) is 0 Å². The third-order valence-corrected chi connectivity index (χ3v) is 6.56. The fourth-order valence-corrected chi connectivity index (χ4v) is 4.73. The van der Waals surface area contributed by atoms with E-state index >= 15 is 0 Å². The van der Waals surface area contributed by atoms with Crippen LogP contribution in [0.5, 0.6) is 0 Å². The topological polar surface area (TPSA) is 55.6 Å². The van der Waals surface area contributed by atoms with Crippen LogP contribution in [0.4, 0.5) is 5.13 Å². The predicted molar refractivity (Wildman–Crippen MR) is 115 cm³/mol. The Bertz CT molecular complexity index is 1050. The van der Waals surface area contributed by atoms with Gasteiger partial charge in [-0.25, -0.2) is 4.68 Å². The first-order valence-electron chi connectivity index (χ1n) is 9.27. The average Bonchev–Trinajstić information content (AvgIpc) is 3.27. The third-order valence-electron chi connectivity index (χ3n) is 4.52.